The molecule has 0 saturated heterocycles. The number of ether oxygens (including phenoxy) is 14. The third kappa shape index (κ3) is 32.2. The molecule has 0 unspecified atom stereocenters. The molecule has 0 spiro atoms. The van der Waals surface area contributed by atoms with Gasteiger partial charge in [0, 0.05) is 86.7 Å². The van der Waals surface area contributed by atoms with Crippen LogP contribution in [-0.4, -0.2) is 140 Å². The van der Waals surface area contributed by atoms with E-state index < -0.39 is 131 Å². The third-order valence-electron chi connectivity index (χ3n) is 26.3. The van der Waals surface area contributed by atoms with Crippen LogP contribution in [0.5, 0.6) is 46.0 Å². The molecule has 8 aromatic carbocycles. The summed E-state index contributed by atoms with van der Waals surface area (Å²) in [5, 5.41) is 6.24. The van der Waals surface area contributed by atoms with Gasteiger partial charge in [-0.25, -0.2) is 38.4 Å². The first-order chi connectivity index (χ1) is 68.4. The quantitative estimate of drug-likeness (QED) is 0.0212. The van der Waals surface area contributed by atoms with E-state index >= 15 is 9.59 Å². The van der Waals surface area contributed by atoms with Crippen molar-refractivity contribution in [2.75, 3.05) is 92.4 Å². The molecular weight excluding hydrogens is 1850 g/mol. The molecule has 24 nitrogen and oxygen atoms in total. The normalized spacial score (nSPS) is 13.0. The highest BCUT2D eigenvalue weighted by molar-refractivity contribution is 5.77. The molecule has 794 valence electrons. The van der Waals surface area contributed by atoms with Gasteiger partial charge in [-0.3, -0.25) is 0 Å². The van der Waals surface area contributed by atoms with Gasteiger partial charge in [0.2, 0.25) is 0 Å². The van der Waals surface area contributed by atoms with E-state index in [9.17, 15) is 28.8 Å². The predicted molar refractivity (Wildman–Crippen MR) is 572 cm³/mol. The lowest BCUT2D eigenvalue weighted by Crippen LogP contribution is -2.29. The van der Waals surface area contributed by atoms with Crippen LogP contribution in [0.15, 0.2) is 97.1 Å². The second kappa shape index (κ2) is 49.6. The minimum Gasteiger partial charge on any atom is -0.481 e. The number of nitrogens with one attached hydrogen (secondary N) is 2. The standard InChI is InChI=1S/C122H164N2O22/c1-31-133-99(125)69-139-105-75-45-79-57-93(117(13,14)15)61-83(107(79)141-71-101(127)135-33-3)49-87-65-97(121(25,26)27)66-88(50-84-62-94(118(16,17)18)58-80(108(84)142-72-102(128)136-34-4)46-76(105)54-91(53-75)115(7,8)9)111(87)145-113(131)123-43-41-39-37-38-40-42-44-124-114(132)146-112-89-51-85-63-95(119(19,20)21)59-81(109(85)143-73-103(129)137-35-5)47-77-55-92(116(10,11)12)56-78(106(77)140-70-100(126)134-32-2)48-82-60-96(120(22,23)24)64-86(110(82)144-74-104(130)138-36-6)52-90(112)68-98(67-89)122(28,29)30/h53-68H,31-52,69-74H2,1-30H3,(H,123,131)(H,124,132). The van der Waals surface area contributed by atoms with Crippen LogP contribution >= 0.6 is 0 Å². The first-order valence-electron chi connectivity index (χ1n) is 52.3. The number of fused-ring (bicyclic) bond motifs is 16. The molecule has 2 N–H and O–H groups in total. The van der Waals surface area contributed by atoms with E-state index in [-0.39, 0.29) is 104 Å². The maximum atomic E-state index is 15.1. The van der Waals surface area contributed by atoms with E-state index in [1.165, 1.54) is 0 Å². The van der Waals surface area contributed by atoms with E-state index in [1.807, 2.05) is 0 Å². The van der Waals surface area contributed by atoms with Crippen LogP contribution in [0.25, 0.3) is 0 Å². The van der Waals surface area contributed by atoms with Gasteiger partial charge in [0.15, 0.2) is 39.6 Å². The number of esters is 6. The van der Waals surface area contributed by atoms with Gasteiger partial charge in [-0.05, 0) is 209 Å². The molecule has 2 aliphatic carbocycles. The van der Waals surface area contributed by atoms with Gasteiger partial charge >= 0.3 is 48.0 Å². The van der Waals surface area contributed by atoms with Crippen molar-refractivity contribution in [1.29, 1.82) is 0 Å². The summed E-state index contributed by atoms with van der Waals surface area (Å²) >= 11 is 0. The lowest BCUT2D eigenvalue weighted by atomic mass is 9.79. The summed E-state index contributed by atoms with van der Waals surface area (Å²) in [7, 11) is 0. The van der Waals surface area contributed by atoms with E-state index in [1.54, 1.807) is 41.5 Å². The maximum Gasteiger partial charge on any atom is 0.412 e. The average molecular weight is 2010 g/mol. The highest BCUT2D eigenvalue weighted by Crippen LogP contribution is 2.49. The maximum absolute atomic E-state index is 15.1. The fourth-order valence-corrected chi connectivity index (χ4v) is 18.2. The summed E-state index contributed by atoms with van der Waals surface area (Å²) in [5.74, 6) is -0.0629. The van der Waals surface area contributed by atoms with Crippen molar-refractivity contribution < 1.29 is 105 Å². The van der Waals surface area contributed by atoms with Gasteiger partial charge in [0.05, 0.1) is 39.6 Å². The van der Waals surface area contributed by atoms with Gasteiger partial charge in [-0.15, -0.1) is 0 Å². The van der Waals surface area contributed by atoms with Crippen molar-refractivity contribution in [1.82, 2.24) is 10.6 Å². The Bertz CT molecular complexity index is 5350. The summed E-state index contributed by atoms with van der Waals surface area (Å²) in [5.41, 5.74) is 15.5. The van der Waals surface area contributed by atoms with Crippen molar-refractivity contribution in [2.45, 2.75) is 341 Å². The molecule has 0 aromatic heterocycles. The Hall–Kier alpha value is -12.1. The summed E-state index contributed by atoms with van der Waals surface area (Å²) in [4.78, 5) is 112. The highest BCUT2D eigenvalue weighted by Gasteiger charge is 2.36. The van der Waals surface area contributed by atoms with Crippen LogP contribution < -0.4 is 48.5 Å². The Kier molecular flexibility index (Phi) is 39.4. The zero-order valence-electron chi connectivity index (χ0n) is 93.0. The molecule has 2 amide bonds. The largest absolute Gasteiger partial charge is 0.481 e. The van der Waals surface area contributed by atoms with Crippen LogP contribution in [0.4, 0.5) is 9.59 Å². The van der Waals surface area contributed by atoms with Crippen LogP contribution in [0.3, 0.4) is 0 Å². The van der Waals surface area contributed by atoms with Crippen LogP contribution in [0, 0.1) is 0 Å². The first kappa shape index (κ1) is 116. The van der Waals surface area contributed by atoms with Gasteiger partial charge in [-0.1, -0.05) is 289 Å². The molecule has 0 aliphatic heterocycles. The summed E-state index contributed by atoms with van der Waals surface area (Å²) in [6.07, 6.45) is 4.42. The lowest BCUT2D eigenvalue weighted by molar-refractivity contribution is -0.146. The topological polar surface area (TPSA) is 290 Å². The zero-order chi connectivity index (χ0) is 108. The molecule has 24 heteroatoms. The number of hydrogen-bond acceptors (Lipinski definition) is 22. The third-order valence-corrected chi connectivity index (χ3v) is 26.3. The molecule has 0 fully saturated rings. The summed E-state index contributed by atoms with van der Waals surface area (Å²) < 4.78 is 87.9. The highest BCUT2D eigenvalue weighted by atomic mass is 16.6. The van der Waals surface area contributed by atoms with Gasteiger partial charge in [0.1, 0.15) is 46.0 Å². The number of amides is 2. The fraction of sp³-hybridized carbons (Fsp3) is 0.541. The Morgan fingerprint density at radius 2 is 0.322 bits per heavy atom. The van der Waals surface area contributed by atoms with Crippen molar-refractivity contribution in [3.05, 3.63) is 231 Å². The minimum atomic E-state index is -0.670. The number of unbranched alkanes of at least 4 members (excludes halogenated alkanes) is 5. The number of carbonyl (C=O) groups excluding carboxylic acids is 8. The van der Waals surface area contributed by atoms with Crippen LogP contribution in [0.1, 0.15) is 380 Å². The van der Waals surface area contributed by atoms with Gasteiger partial charge in [0.25, 0.3) is 0 Å². The number of benzene rings is 8. The first-order valence-corrected chi connectivity index (χ1v) is 52.3. The van der Waals surface area contributed by atoms with Crippen molar-refractivity contribution in [2.24, 2.45) is 0 Å². The fourth-order valence-electron chi connectivity index (χ4n) is 18.2. The molecule has 146 heavy (non-hydrogen) atoms. The Morgan fingerprint density at radius 3 is 0.445 bits per heavy atom. The molecule has 0 saturated carbocycles. The SMILES string of the molecule is CCOC(=O)COc1c2cc(C(C)(C)C)cc1Cc1cc(C(C)(C)C)cc(c1OCC(=O)OCC)Cc1cc(C(C)(C)C)cc(c1OC(=O)NCCCCCCCCNC(=O)Oc1c3cc(C(C)(C)C)cc1Cc1cc(C(C)(C)C)cc(c1OCC(=O)OCC)Cc1cc(C(C)(C)C)cc(c1OCC(=O)OCC)Cc1cc(C(C)(C)C)cc(c1OCC(=O)OCC)C3)Cc1cc(C(C)(C)C)cc(c1OCC(=O)OCC)C2. The Balaban J connectivity index is 0.987. The minimum absolute atomic E-state index is 0.134. The van der Waals surface area contributed by atoms with E-state index in [0.29, 0.717) is 103 Å². The molecule has 10 rings (SSSR count). The van der Waals surface area contributed by atoms with Crippen molar-refractivity contribution >= 4 is 48.0 Å². The number of carbonyl (C=O) groups is 8. The summed E-state index contributed by atoms with van der Waals surface area (Å²) in [6, 6.07) is 33.7. The van der Waals surface area contributed by atoms with E-state index in [2.05, 4.69) is 274 Å². The van der Waals surface area contributed by atoms with E-state index in [0.717, 1.165) is 115 Å². The van der Waals surface area contributed by atoms with Crippen molar-refractivity contribution in [3.8, 4) is 46.0 Å². The molecule has 8 aromatic rings. The molecule has 0 heterocycles. The Labute approximate surface area is 868 Å². The summed E-state index contributed by atoms with van der Waals surface area (Å²) in [6.45, 7) is 60.9. The van der Waals surface area contributed by atoms with Crippen molar-refractivity contribution in [3.63, 3.8) is 0 Å². The Morgan fingerprint density at radius 1 is 0.199 bits per heavy atom. The monoisotopic (exact) mass is 2010 g/mol. The predicted octanol–water partition coefficient (Wildman–Crippen LogP) is 24.3. The lowest BCUT2D eigenvalue weighted by Gasteiger charge is -2.29. The molecular formula is C122H164N2O22. The average Bonchev–Trinajstić information content (AvgIpc) is 0.757. The molecule has 0 atom stereocenters. The molecule has 16 bridgehead atoms. The van der Waals surface area contributed by atoms with E-state index in [4.69, 9.17) is 66.3 Å². The van der Waals surface area contributed by atoms with Gasteiger partial charge < -0.3 is 76.9 Å². The molecule has 0 radical (unpaired) electrons. The van der Waals surface area contributed by atoms with Gasteiger partial charge in [-0.2, -0.15) is 0 Å². The second-order valence-corrected chi connectivity index (χ2v) is 46.7. The smallest absolute Gasteiger partial charge is 0.412 e. The van der Waals surface area contributed by atoms with Crippen LogP contribution in [-0.2, 0) is 152 Å². The molecule has 2 aliphatic rings. The zero-order valence-corrected chi connectivity index (χ0v) is 93.0. The number of rotatable bonds is 35. The number of hydrogen-bond donors (Lipinski definition) is 2. The second-order valence-electron chi connectivity index (χ2n) is 46.7. The van der Waals surface area contributed by atoms with Crippen LogP contribution in [0.2, 0.25) is 0 Å².